The van der Waals surface area contributed by atoms with Crippen LogP contribution in [0.5, 0.6) is 17.2 Å². The lowest BCUT2D eigenvalue weighted by Gasteiger charge is -2.37. The van der Waals surface area contributed by atoms with Crippen molar-refractivity contribution in [3.05, 3.63) is 29.8 Å². The van der Waals surface area contributed by atoms with E-state index in [1.807, 2.05) is 0 Å². The van der Waals surface area contributed by atoms with Gasteiger partial charge in [0.2, 0.25) is 0 Å². The molecule has 0 amide bonds. The van der Waals surface area contributed by atoms with Gasteiger partial charge < -0.3 is 37.9 Å². The molecule has 5 rings (SSSR count). The van der Waals surface area contributed by atoms with Crippen molar-refractivity contribution in [3.8, 4) is 17.2 Å². The summed E-state index contributed by atoms with van der Waals surface area (Å²) in [7, 11) is 0. The molecule has 11 nitrogen and oxygen atoms in total. The summed E-state index contributed by atoms with van der Waals surface area (Å²) in [5.74, 6) is -3.18. The van der Waals surface area contributed by atoms with Crippen LogP contribution in [0.2, 0.25) is 0 Å². The summed E-state index contributed by atoms with van der Waals surface area (Å²) < 4.78 is 47.3. The minimum atomic E-state index is -0.928. The van der Waals surface area contributed by atoms with Crippen LogP contribution >= 0.6 is 0 Å². The van der Waals surface area contributed by atoms with Crippen LogP contribution in [0.4, 0.5) is 0 Å². The molecule has 11 heteroatoms. The van der Waals surface area contributed by atoms with E-state index in [4.69, 9.17) is 37.9 Å². The van der Waals surface area contributed by atoms with Gasteiger partial charge in [0.15, 0.2) is 17.9 Å². The van der Waals surface area contributed by atoms with Gasteiger partial charge in [0, 0.05) is 26.2 Å². The van der Waals surface area contributed by atoms with E-state index in [1.54, 1.807) is 39.8 Å². The molecule has 38 heavy (non-hydrogen) atoms. The van der Waals surface area contributed by atoms with E-state index in [2.05, 4.69) is 0 Å². The fourth-order valence-electron chi connectivity index (χ4n) is 5.17. The molecule has 0 spiro atoms. The number of hydrogen-bond acceptors (Lipinski definition) is 11. The lowest BCUT2D eigenvalue weighted by molar-refractivity contribution is -0.236. The molecule has 0 radical (unpaired) electrons. The van der Waals surface area contributed by atoms with Gasteiger partial charge in [-0.2, -0.15) is 0 Å². The average molecular weight is 531 g/mol. The van der Waals surface area contributed by atoms with Crippen LogP contribution in [0.1, 0.15) is 60.1 Å². The highest BCUT2D eigenvalue weighted by Crippen LogP contribution is 2.50. The maximum atomic E-state index is 12.1. The summed E-state index contributed by atoms with van der Waals surface area (Å²) in [6.07, 6.45) is -3.18. The monoisotopic (exact) mass is 530 g/mol. The van der Waals surface area contributed by atoms with Crippen molar-refractivity contribution in [2.24, 2.45) is 0 Å². The Kier molecular flexibility index (Phi) is 6.48. The van der Waals surface area contributed by atoms with Crippen molar-refractivity contribution >= 4 is 28.7 Å². The van der Waals surface area contributed by atoms with Crippen molar-refractivity contribution in [2.75, 3.05) is 0 Å². The molecular formula is C27H30O11. The highest BCUT2D eigenvalue weighted by Gasteiger charge is 2.61. The van der Waals surface area contributed by atoms with Gasteiger partial charge in [-0.15, -0.1) is 0 Å². The Bertz CT molecular complexity index is 1310. The highest BCUT2D eigenvalue weighted by molar-refractivity contribution is 6.01. The van der Waals surface area contributed by atoms with Crippen LogP contribution in [0.15, 0.2) is 24.3 Å². The van der Waals surface area contributed by atoms with Gasteiger partial charge in [-0.05, 0) is 57.5 Å². The summed E-state index contributed by atoms with van der Waals surface area (Å²) >= 11 is 0. The van der Waals surface area contributed by atoms with E-state index in [-0.39, 0.29) is 22.6 Å². The molecule has 2 aromatic rings. The molecule has 2 aromatic carbocycles. The highest BCUT2D eigenvalue weighted by atomic mass is 16.9. The SMILES string of the molecule is CC(=O)Oc1ccc(OC(C)=O)c2c(OC(C)=O)cc(C3O[C@@H]4OC(C)(C)O[C@@H]4[C@H]4OC(C)(C)O[C@@H]34)cc12. The van der Waals surface area contributed by atoms with Gasteiger partial charge in [-0.3, -0.25) is 14.4 Å². The zero-order chi connectivity index (χ0) is 27.6. The molecule has 3 saturated heterocycles. The number of benzene rings is 2. The second-order valence-electron chi connectivity index (χ2n) is 10.4. The van der Waals surface area contributed by atoms with Crippen LogP contribution in [-0.2, 0) is 38.1 Å². The van der Waals surface area contributed by atoms with E-state index >= 15 is 0 Å². The summed E-state index contributed by atoms with van der Waals surface area (Å²) in [4.78, 5) is 35.8. The first kappa shape index (κ1) is 26.5. The number of carbonyl (C=O) groups excluding carboxylic acids is 3. The lowest BCUT2D eigenvalue weighted by Crippen LogP contribution is -2.51. The van der Waals surface area contributed by atoms with Gasteiger partial charge in [0.25, 0.3) is 0 Å². The molecule has 0 aromatic heterocycles. The van der Waals surface area contributed by atoms with Crippen LogP contribution in [-0.4, -0.2) is 54.1 Å². The number of carbonyl (C=O) groups is 3. The Labute approximate surface area is 219 Å². The second kappa shape index (κ2) is 9.28. The maximum Gasteiger partial charge on any atom is 0.308 e. The molecule has 0 aliphatic carbocycles. The molecule has 0 saturated carbocycles. The quantitative estimate of drug-likeness (QED) is 0.424. The standard InChI is InChI=1S/C27H30O11/c1-12(28)31-17-8-9-18(32-13(2)29)20-16(17)10-15(11-19(20)33-14(3)30)21-22-23(36-26(4,5)35-22)24-25(34-21)38-27(6,7)37-24/h8-11,21-25H,1-7H3/t21?,22-,23-,24+,25+/m0/s1. The predicted octanol–water partition coefficient (Wildman–Crippen LogP) is 3.68. The Morgan fingerprint density at radius 2 is 1.21 bits per heavy atom. The number of ether oxygens (including phenoxy) is 8. The first-order chi connectivity index (χ1) is 17.7. The molecule has 3 heterocycles. The van der Waals surface area contributed by atoms with Gasteiger partial charge in [-0.1, -0.05) is 0 Å². The normalized spacial score (nSPS) is 28.9. The molecule has 3 aliphatic heterocycles. The summed E-state index contributed by atoms with van der Waals surface area (Å²) in [6.45, 7) is 10.9. The summed E-state index contributed by atoms with van der Waals surface area (Å²) in [5.41, 5.74) is 0.533. The molecule has 0 bridgehead atoms. The number of rotatable bonds is 4. The topological polar surface area (TPSA) is 125 Å². The number of esters is 3. The third-order valence-electron chi connectivity index (χ3n) is 6.27. The van der Waals surface area contributed by atoms with Crippen LogP contribution in [0.3, 0.4) is 0 Å². The minimum Gasteiger partial charge on any atom is -0.426 e. The maximum absolute atomic E-state index is 12.1. The Morgan fingerprint density at radius 1 is 0.684 bits per heavy atom. The van der Waals surface area contributed by atoms with Crippen molar-refractivity contribution in [3.63, 3.8) is 0 Å². The Morgan fingerprint density at radius 3 is 1.87 bits per heavy atom. The van der Waals surface area contributed by atoms with Crippen LogP contribution < -0.4 is 14.2 Å². The van der Waals surface area contributed by atoms with E-state index in [0.29, 0.717) is 10.9 Å². The van der Waals surface area contributed by atoms with E-state index < -0.39 is 60.2 Å². The third kappa shape index (κ3) is 4.99. The first-order valence-electron chi connectivity index (χ1n) is 12.3. The molecular weight excluding hydrogens is 500 g/mol. The van der Waals surface area contributed by atoms with Crippen molar-refractivity contribution in [2.45, 2.75) is 90.7 Å². The molecule has 1 unspecified atom stereocenters. The zero-order valence-corrected chi connectivity index (χ0v) is 22.2. The van der Waals surface area contributed by atoms with E-state index in [1.165, 1.54) is 32.9 Å². The van der Waals surface area contributed by atoms with Crippen LogP contribution in [0, 0.1) is 0 Å². The first-order valence-corrected chi connectivity index (χ1v) is 12.3. The van der Waals surface area contributed by atoms with Crippen LogP contribution in [0.25, 0.3) is 10.8 Å². The lowest BCUT2D eigenvalue weighted by atomic mass is 9.92. The predicted molar refractivity (Wildman–Crippen MR) is 129 cm³/mol. The van der Waals surface area contributed by atoms with E-state index in [9.17, 15) is 14.4 Å². The second-order valence-corrected chi connectivity index (χ2v) is 10.4. The van der Waals surface area contributed by atoms with E-state index in [0.717, 1.165) is 0 Å². The smallest absolute Gasteiger partial charge is 0.308 e. The van der Waals surface area contributed by atoms with Gasteiger partial charge in [0.05, 0.1) is 5.39 Å². The average Bonchev–Trinajstić information content (AvgIpc) is 3.27. The van der Waals surface area contributed by atoms with Gasteiger partial charge in [-0.25, -0.2) is 0 Å². The fourth-order valence-corrected chi connectivity index (χ4v) is 5.17. The fraction of sp³-hybridized carbons (Fsp3) is 0.519. The van der Waals surface area contributed by atoms with Crippen molar-refractivity contribution in [1.29, 1.82) is 0 Å². The molecule has 0 N–H and O–H groups in total. The Hall–Kier alpha value is -3.09. The Balaban J connectivity index is 1.69. The zero-order valence-electron chi connectivity index (χ0n) is 22.2. The molecule has 3 aliphatic rings. The van der Waals surface area contributed by atoms with Crippen molar-refractivity contribution < 1.29 is 52.3 Å². The molecule has 204 valence electrons. The largest absolute Gasteiger partial charge is 0.426 e. The number of hydrogen-bond donors (Lipinski definition) is 0. The molecule has 3 fully saturated rings. The minimum absolute atomic E-state index is 0.0830. The number of fused-ring (bicyclic) bond motifs is 4. The third-order valence-corrected chi connectivity index (χ3v) is 6.27. The van der Waals surface area contributed by atoms with Crippen molar-refractivity contribution in [1.82, 2.24) is 0 Å². The summed E-state index contributed by atoms with van der Waals surface area (Å²) in [6, 6.07) is 6.28. The van der Waals surface area contributed by atoms with Gasteiger partial charge in [0.1, 0.15) is 41.7 Å². The van der Waals surface area contributed by atoms with Gasteiger partial charge >= 0.3 is 17.9 Å². The molecule has 5 atom stereocenters. The summed E-state index contributed by atoms with van der Waals surface area (Å²) in [5, 5.41) is 0.630.